The van der Waals surface area contributed by atoms with E-state index in [1.165, 1.54) is 11.8 Å². The molecule has 1 aromatic rings. The fourth-order valence-corrected chi connectivity index (χ4v) is 5.40. The van der Waals surface area contributed by atoms with Gasteiger partial charge in [0, 0.05) is 38.0 Å². The molecular weight excluding hydrogens is 324 g/mol. The SMILES string of the molecule is CS(=O)(=O)NC[C@H]1[C@H]2CN(CCc3ccccc3)C[C@]23CC[C@H]1O3. The summed E-state index contributed by atoms with van der Waals surface area (Å²) in [5, 5.41) is 0. The molecule has 1 N–H and O–H groups in total. The molecule has 5 nitrogen and oxygen atoms in total. The third-order valence-electron chi connectivity index (χ3n) is 6.00. The zero-order chi connectivity index (χ0) is 16.8. The first-order chi connectivity index (χ1) is 11.5. The molecule has 3 aliphatic rings. The van der Waals surface area contributed by atoms with Crippen molar-refractivity contribution in [3.05, 3.63) is 35.9 Å². The van der Waals surface area contributed by atoms with Crippen molar-refractivity contribution in [2.45, 2.75) is 31.0 Å². The molecule has 3 aliphatic heterocycles. The van der Waals surface area contributed by atoms with Gasteiger partial charge in [-0.2, -0.15) is 0 Å². The summed E-state index contributed by atoms with van der Waals surface area (Å²) in [4.78, 5) is 2.51. The van der Waals surface area contributed by atoms with E-state index < -0.39 is 10.0 Å². The molecule has 3 fully saturated rings. The number of benzene rings is 1. The van der Waals surface area contributed by atoms with E-state index >= 15 is 0 Å². The molecule has 1 aromatic carbocycles. The second-order valence-corrected chi connectivity index (χ2v) is 9.45. The molecule has 2 bridgehead atoms. The van der Waals surface area contributed by atoms with Crippen LogP contribution in [0, 0.1) is 11.8 Å². The lowest BCUT2D eigenvalue weighted by atomic mass is 9.74. The summed E-state index contributed by atoms with van der Waals surface area (Å²) in [5.41, 5.74) is 1.35. The molecule has 0 unspecified atom stereocenters. The minimum atomic E-state index is -3.14. The number of sulfonamides is 1. The Balaban J connectivity index is 1.39. The normalized spacial score (nSPS) is 35.5. The van der Waals surface area contributed by atoms with Gasteiger partial charge in [-0.25, -0.2) is 13.1 Å². The summed E-state index contributed by atoms with van der Waals surface area (Å²) in [6.07, 6.45) is 4.72. The molecule has 3 heterocycles. The van der Waals surface area contributed by atoms with Gasteiger partial charge in [0.05, 0.1) is 18.0 Å². The molecular formula is C18H26N2O3S. The van der Waals surface area contributed by atoms with Gasteiger partial charge in [-0.05, 0) is 24.8 Å². The highest BCUT2D eigenvalue weighted by Crippen LogP contribution is 2.54. The van der Waals surface area contributed by atoms with E-state index in [4.69, 9.17) is 4.74 Å². The smallest absolute Gasteiger partial charge is 0.208 e. The number of ether oxygens (including phenoxy) is 1. The van der Waals surface area contributed by atoms with Gasteiger partial charge in [0.15, 0.2) is 0 Å². The van der Waals surface area contributed by atoms with E-state index in [1.54, 1.807) is 0 Å². The summed E-state index contributed by atoms with van der Waals surface area (Å²) in [5.74, 6) is 0.775. The Bertz CT molecular complexity index is 693. The van der Waals surface area contributed by atoms with E-state index in [-0.39, 0.29) is 11.7 Å². The lowest BCUT2D eigenvalue weighted by Gasteiger charge is -2.29. The van der Waals surface area contributed by atoms with Crippen LogP contribution < -0.4 is 4.72 Å². The molecule has 0 aliphatic carbocycles. The Labute approximate surface area is 144 Å². The lowest BCUT2D eigenvalue weighted by Crippen LogP contribution is -2.41. The first-order valence-electron chi connectivity index (χ1n) is 8.84. The maximum Gasteiger partial charge on any atom is 0.208 e. The molecule has 6 heteroatoms. The summed E-state index contributed by atoms with van der Waals surface area (Å²) < 4.78 is 32.0. The quantitative estimate of drug-likeness (QED) is 0.839. The highest BCUT2D eigenvalue weighted by atomic mass is 32.2. The molecule has 0 radical (unpaired) electrons. The van der Waals surface area contributed by atoms with Gasteiger partial charge >= 0.3 is 0 Å². The van der Waals surface area contributed by atoms with Crippen molar-refractivity contribution in [3.63, 3.8) is 0 Å². The van der Waals surface area contributed by atoms with E-state index in [2.05, 4.69) is 40.0 Å². The van der Waals surface area contributed by atoms with E-state index in [0.717, 1.165) is 38.9 Å². The van der Waals surface area contributed by atoms with Crippen LogP contribution in [0.15, 0.2) is 30.3 Å². The van der Waals surface area contributed by atoms with E-state index in [1.807, 2.05) is 0 Å². The van der Waals surface area contributed by atoms with Crippen molar-refractivity contribution in [2.24, 2.45) is 11.8 Å². The first-order valence-corrected chi connectivity index (χ1v) is 10.7. The standard InChI is InChI=1S/C18H26N2O3S/c1-24(21,22)19-11-15-16-12-20(10-8-14-5-3-2-4-6-14)13-18(16)9-7-17(15)23-18/h2-6,15-17,19H,7-13H2,1H3/t15-,16+,17+,18+/m0/s1. The number of rotatable bonds is 6. The summed E-state index contributed by atoms with van der Waals surface area (Å²) in [7, 11) is -3.14. The highest BCUT2D eigenvalue weighted by molar-refractivity contribution is 7.88. The Morgan fingerprint density at radius 3 is 2.88 bits per heavy atom. The number of hydrogen-bond donors (Lipinski definition) is 1. The second-order valence-electron chi connectivity index (χ2n) is 7.62. The summed E-state index contributed by atoms with van der Waals surface area (Å²) >= 11 is 0. The van der Waals surface area contributed by atoms with Gasteiger partial charge in [-0.3, -0.25) is 4.90 Å². The molecule has 4 atom stereocenters. The number of likely N-dealkylation sites (tertiary alicyclic amines) is 1. The lowest BCUT2D eigenvalue weighted by molar-refractivity contribution is 0.00293. The van der Waals surface area contributed by atoms with Gasteiger partial charge < -0.3 is 4.74 Å². The maximum atomic E-state index is 11.4. The van der Waals surface area contributed by atoms with Crippen LogP contribution in [0.25, 0.3) is 0 Å². The van der Waals surface area contributed by atoms with Crippen molar-refractivity contribution in [2.75, 3.05) is 32.4 Å². The Kier molecular flexibility index (Phi) is 4.19. The minimum Gasteiger partial charge on any atom is -0.370 e. The van der Waals surface area contributed by atoms with Crippen LogP contribution in [-0.4, -0.2) is 57.5 Å². The zero-order valence-corrected chi connectivity index (χ0v) is 15.0. The number of nitrogens with one attached hydrogen (secondary N) is 1. The topological polar surface area (TPSA) is 58.6 Å². The largest absolute Gasteiger partial charge is 0.370 e. The molecule has 132 valence electrons. The predicted octanol–water partition coefficient (Wildman–Crippen LogP) is 1.26. The Morgan fingerprint density at radius 2 is 2.12 bits per heavy atom. The minimum absolute atomic E-state index is 0.0226. The van der Waals surface area contributed by atoms with Crippen molar-refractivity contribution < 1.29 is 13.2 Å². The third kappa shape index (κ3) is 3.12. The Morgan fingerprint density at radius 1 is 1.33 bits per heavy atom. The van der Waals surface area contributed by atoms with Crippen molar-refractivity contribution in [3.8, 4) is 0 Å². The van der Waals surface area contributed by atoms with Crippen LogP contribution in [0.5, 0.6) is 0 Å². The van der Waals surface area contributed by atoms with Gasteiger partial charge in [-0.15, -0.1) is 0 Å². The fourth-order valence-electron chi connectivity index (χ4n) is 4.91. The van der Waals surface area contributed by atoms with Crippen LogP contribution >= 0.6 is 0 Å². The van der Waals surface area contributed by atoms with Crippen LogP contribution in [0.2, 0.25) is 0 Å². The third-order valence-corrected chi connectivity index (χ3v) is 6.69. The second kappa shape index (κ2) is 6.09. The van der Waals surface area contributed by atoms with Crippen LogP contribution in [0.4, 0.5) is 0 Å². The van der Waals surface area contributed by atoms with Gasteiger partial charge in [0.25, 0.3) is 0 Å². The highest BCUT2D eigenvalue weighted by Gasteiger charge is 2.62. The molecule has 1 spiro atoms. The molecule has 0 saturated carbocycles. The fraction of sp³-hybridized carbons (Fsp3) is 0.667. The maximum absolute atomic E-state index is 11.4. The van der Waals surface area contributed by atoms with Gasteiger partial charge in [0.1, 0.15) is 0 Å². The van der Waals surface area contributed by atoms with Crippen LogP contribution in [0.1, 0.15) is 18.4 Å². The first kappa shape index (κ1) is 16.5. The molecule has 0 amide bonds. The zero-order valence-electron chi connectivity index (χ0n) is 14.1. The number of fused-ring (bicyclic) bond motifs is 1. The number of hydrogen-bond acceptors (Lipinski definition) is 4. The Hall–Kier alpha value is -0.950. The average Bonchev–Trinajstić information content (AvgIpc) is 3.19. The molecule has 4 rings (SSSR count). The monoisotopic (exact) mass is 350 g/mol. The van der Waals surface area contributed by atoms with Crippen LogP contribution in [0.3, 0.4) is 0 Å². The van der Waals surface area contributed by atoms with Crippen molar-refractivity contribution in [1.29, 1.82) is 0 Å². The average molecular weight is 350 g/mol. The molecule has 24 heavy (non-hydrogen) atoms. The molecule has 3 saturated heterocycles. The van der Waals surface area contributed by atoms with E-state index in [9.17, 15) is 8.42 Å². The molecule has 0 aromatic heterocycles. The van der Waals surface area contributed by atoms with Crippen molar-refractivity contribution in [1.82, 2.24) is 9.62 Å². The van der Waals surface area contributed by atoms with Gasteiger partial charge in [-0.1, -0.05) is 30.3 Å². The number of nitrogens with zero attached hydrogens (tertiary/aromatic N) is 1. The van der Waals surface area contributed by atoms with Gasteiger partial charge in [0.2, 0.25) is 10.0 Å². The predicted molar refractivity (Wildman–Crippen MR) is 93.3 cm³/mol. The van der Waals surface area contributed by atoms with E-state index in [0.29, 0.717) is 18.4 Å². The summed E-state index contributed by atoms with van der Waals surface area (Å²) in [6.45, 7) is 3.58. The van der Waals surface area contributed by atoms with Crippen molar-refractivity contribution >= 4 is 10.0 Å². The summed E-state index contributed by atoms with van der Waals surface area (Å²) in [6, 6.07) is 10.6. The van der Waals surface area contributed by atoms with Crippen LogP contribution in [-0.2, 0) is 21.2 Å².